The first-order valence-corrected chi connectivity index (χ1v) is 8.23. The van der Waals surface area contributed by atoms with Gasteiger partial charge >= 0.3 is 0 Å². The minimum Gasteiger partial charge on any atom is -0.464 e. The number of alkyl halides is 2. The topological polar surface area (TPSA) is 54.7 Å². The summed E-state index contributed by atoms with van der Waals surface area (Å²) in [6, 6.07) is 3.46. The molecule has 1 N–H and O–H groups in total. The summed E-state index contributed by atoms with van der Waals surface area (Å²) in [5, 5.41) is 3.12. The van der Waals surface area contributed by atoms with Gasteiger partial charge in [0.15, 0.2) is 0 Å². The van der Waals surface area contributed by atoms with Crippen molar-refractivity contribution in [2.75, 3.05) is 32.8 Å². The third-order valence-corrected chi connectivity index (χ3v) is 3.95. The molecule has 5 nitrogen and oxygen atoms in total. The minimum absolute atomic E-state index is 0.115. The van der Waals surface area contributed by atoms with Crippen LogP contribution in [0.1, 0.15) is 17.9 Å². The molecule has 0 radical (unpaired) electrons. The predicted octanol–water partition coefficient (Wildman–Crippen LogP) is 2.07. The molecule has 124 valence electrons. The number of carbonyl (C=O) groups excluding carboxylic acids is 1. The van der Waals surface area contributed by atoms with Crippen LogP contribution in [0.4, 0.5) is 8.78 Å². The monoisotopic (exact) mass is 334 g/mol. The van der Waals surface area contributed by atoms with Crippen molar-refractivity contribution < 1.29 is 22.7 Å². The summed E-state index contributed by atoms with van der Waals surface area (Å²) >= 11 is 0.538. The van der Waals surface area contributed by atoms with Crippen LogP contribution >= 0.6 is 11.8 Å². The van der Waals surface area contributed by atoms with Crippen molar-refractivity contribution >= 4 is 17.7 Å². The van der Waals surface area contributed by atoms with E-state index in [0.717, 1.165) is 0 Å². The van der Waals surface area contributed by atoms with Gasteiger partial charge in [-0.3, -0.25) is 4.79 Å². The Hall–Kier alpha value is -1.12. The third kappa shape index (κ3) is 5.94. The zero-order valence-corrected chi connectivity index (χ0v) is 13.0. The van der Waals surface area contributed by atoms with Crippen LogP contribution in [0.2, 0.25) is 0 Å². The highest BCUT2D eigenvalue weighted by Gasteiger charge is 2.16. The lowest BCUT2D eigenvalue weighted by molar-refractivity contribution is -0.135. The number of hydrogen-bond acceptors (Lipinski definition) is 5. The van der Waals surface area contributed by atoms with E-state index >= 15 is 0 Å². The van der Waals surface area contributed by atoms with Crippen molar-refractivity contribution in [2.45, 2.75) is 24.5 Å². The maximum Gasteiger partial charge on any atom is 0.284 e. The van der Waals surface area contributed by atoms with Crippen molar-refractivity contribution in [3.63, 3.8) is 0 Å². The molecule has 1 saturated heterocycles. The maximum absolute atomic E-state index is 12.1. The Labute approximate surface area is 132 Å². The van der Waals surface area contributed by atoms with E-state index < -0.39 is 5.76 Å². The van der Waals surface area contributed by atoms with Crippen molar-refractivity contribution in [1.82, 2.24) is 10.2 Å². The van der Waals surface area contributed by atoms with Crippen LogP contribution in [0.5, 0.6) is 0 Å². The summed E-state index contributed by atoms with van der Waals surface area (Å²) in [6.07, 6.45) is 0.425. The molecule has 0 spiro atoms. The second-order valence-electron chi connectivity index (χ2n) is 4.86. The Morgan fingerprint density at radius 3 is 2.77 bits per heavy atom. The molecule has 1 aromatic rings. The highest BCUT2D eigenvalue weighted by atomic mass is 32.2. The molecule has 0 atom stereocenters. The lowest BCUT2D eigenvalue weighted by atomic mass is 10.3. The molecule has 22 heavy (non-hydrogen) atoms. The Bertz CT molecular complexity index is 465. The number of hydrogen-bond donors (Lipinski definition) is 1. The summed E-state index contributed by atoms with van der Waals surface area (Å²) in [7, 11) is 0. The molecule has 0 aliphatic carbocycles. The zero-order chi connectivity index (χ0) is 15.8. The predicted molar refractivity (Wildman–Crippen MR) is 79.7 cm³/mol. The molecule has 0 saturated carbocycles. The second kappa shape index (κ2) is 9.12. The number of furan rings is 1. The molecule has 0 unspecified atom stereocenters. The van der Waals surface area contributed by atoms with E-state index in [1.807, 2.05) is 0 Å². The number of rotatable bonds is 8. The lowest BCUT2D eigenvalue weighted by Crippen LogP contribution is -2.41. The fraction of sp³-hybridized carbons (Fsp3) is 0.643. The molecule has 0 aromatic carbocycles. The molecule has 8 heteroatoms. The van der Waals surface area contributed by atoms with Crippen molar-refractivity contribution in [3.05, 3.63) is 23.7 Å². The van der Waals surface area contributed by atoms with E-state index in [-0.39, 0.29) is 11.7 Å². The Kier molecular flexibility index (Phi) is 7.14. The number of ether oxygens (including phenoxy) is 1. The number of halogens is 2. The number of morpholine rings is 1. The molecule has 0 bridgehead atoms. The molecule has 1 aliphatic rings. The zero-order valence-electron chi connectivity index (χ0n) is 12.2. The molecule has 1 amide bonds. The first-order valence-electron chi connectivity index (χ1n) is 7.19. The number of amides is 1. The van der Waals surface area contributed by atoms with Crippen LogP contribution in [0.25, 0.3) is 0 Å². The first-order chi connectivity index (χ1) is 10.6. The molecular weight excluding hydrogens is 314 g/mol. The first kappa shape index (κ1) is 17.2. The van der Waals surface area contributed by atoms with Gasteiger partial charge in [-0.25, -0.2) is 0 Å². The fourth-order valence-corrected chi connectivity index (χ4v) is 2.56. The van der Waals surface area contributed by atoms with Gasteiger partial charge < -0.3 is 19.4 Å². The summed E-state index contributed by atoms with van der Waals surface area (Å²) in [6.45, 7) is 3.55. The lowest BCUT2D eigenvalue weighted by Gasteiger charge is -2.26. The van der Waals surface area contributed by atoms with Gasteiger partial charge in [-0.05, 0) is 12.1 Å². The van der Waals surface area contributed by atoms with E-state index in [4.69, 9.17) is 9.15 Å². The maximum atomic E-state index is 12.1. The average molecular weight is 334 g/mol. The van der Waals surface area contributed by atoms with Gasteiger partial charge in [0.05, 0.1) is 25.5 Å². The standard InChI is InChI=1S/C14H20F2N2O3S/c15-14(16)22-10-12-2-1-11(21-12)9-17-4-3-13(19)18-5-7-20-8-6-18/h1-2,14,17H,3-10H2. The van der Waals surface area contributed by atoms with Crippen LogP contribution in [0.15, 0.2) is 16.5 Å². The highest BCUT2D eigenvalue weighted by Crippen LogP contribution is 2.21. The van der Waals surface area contributed by atoms with Gasteiger partial charge in [0.2, 0.25) is 5.91 Å². The van der Waals surface area contributed by atoms with Crippen molar-refractivity contribution in [3.8, 4) is 0 Å². The quantitative estimate of drug-likeness (QED) is 0.738. The van der Waals surface area contributed by atoms with Crippen LogP contribution in [0.3, 0.4) is 0 Å². The Balaban J connectivity index is 1.61. The normalized spacial score (nSPS) is 15.5. The highest BCUT2D eigenvalue weighted by molar-refractivity contribution is 7.98. The van der Waals surface area contributed by atoms with Crippen molar-refractivity contribution in [1.29, 1.82) is 0 Å². The van der Waals surface area contributed by atoms with E-state index in [9.17, 15) is 13.6 Å². The van der Waals surface area contributed by atoms with Crippen LogP contribution in [-0.4, -0.2) is 49.4 Å². The molecular formula is C14H20F2N2O3S. The van der Waals surface area contributed by atoms with Crippen molar-refractivity contribution in [2.24, 2.45) is 0 Å². The minimum atomic E-state index is -2.39. The molecule has 1 aromatic heterocycles. The Morgan fingerprint density at radius 1 is 1.32 bits per heavy atom. The number of nitrogens with zero attached hydrogens (tertiary/aromatic N) is 1. The molecule has 1 aliphatic heterocycles. The number of carbonyl (C=O) groups is 1. The van der Waals surface area contributed by atoms with Crippen LogP contribution in [-0.2, 0) is 21.8 Å². The van der Waals surface area contributed by atoms with E-state index in [1.54, 1.807) is 17.0 Å². The average Bonchev–Trinajstić information content (AvgIpc) is 2.98. The summed E-state index contributed by atoms with van der Waals surface area (Å²) in [5.41, 5.74) is 0. The van der Waals surface area contributed by atoms with Gasteiger partial charge in [-0.2, -0.15) is 8.78 Å². The summed E-state index contributed by atoms with van der Waals surface area (Å²) < 4.78 is 34.8. The smallest absolute Gasteiger partial charge is 0.284 e. The molecule has 2 heterocycles. The van der Waals surface area contributed by atoms with E-state index in [2.05, 4.69) is 5.32 Å². The van der Waals surface area contributed by atoms with Gasteiger partial charge in [-0.1, -0.05) is 11.8 Å². The van der Waals surface area contributed by atoms with Gasteiger partial charge in [0.25, 0.3) is 5.76 Å². The molecule has 2 rings (SSSR count). The SMILES string of the molecule is O=C(CCNCc1ccc(CSC(F)F)o1)N1CCOCC1. The largest absolute Gasteiger partial charge is 0.464 e. The van der Waals surface area contributed by atoms with Gasteiger partial charge in [0.1, 0.15) is 11.5 Å². The van der Waals surface area contributed by atoms with E-state index in [0.29, 0.717) is 69.1 Å². The summed E-state index contributed by atoms with van der Waals surface area (Å²) in [5.74, 6) is -0.898. The third-order valence-electron chi connectivity index (χ3n) is 3.25. The molecule has 1 fully saturated rings. The van der Waals surface area contributed by atoms with Gasteiger partial charge in [0, 0.05) is 26.1 Å². The number of thioether (sulfide) groups is 1. The van der Waals surface area contributed by atoms with Gasteiger partial charge in [-0.15, -0.1) is 0 Å². The van der Waals surface area contributed by atoms with E-state index in [1.165, 1.54) is 0 Å². The second-order valence-corrected chi connectivity index (χ2v) is 5.84. The van der Waals surface area contributed by atoms with Crippen LogP contribution < -0.4 is 5.32 Å². The van der Waals surface area contributed by atoms with Crippen LogP contribution in [0, 0.1) is 0 Å². The summed E-state index contributed by atoms with van der Waals surface area (Å²) in [4.78, 5) is 13.7. The fourth-order valence-electron chi connectivity index (χ4n) is 2.12. The Morgan fingerprint density at radius 2 is 2.05 bits per heavy atom. The number of nitrogens with one attached hydrogen (secondary N) is 1.